The van der Waals surface area contributed by atoms with Crippen LogP contribution in [0.15, 0.2) is 17.1 Å². The SMILES string of the molecule is Cc1c(N2CCCC(N)C2)c(F)cn2c(=O)c(OC(=O)O)cc(C3CC3)c12. The summed E-state index contributed by atoms with van der Waals surface area (Å²) in [7, 11) is 0. The number of nitrogens with two attached hydrogens (primary N) is 1. The highest BCUT2D eigenvalue weighted by atomic mass is 19.1. The number of nitrogens with zero attached hydrogens (tertiary/aromatic N) is 2. The zero-order valence-electron chi connectivity index (χ0n) is 15.1. The standard InChI is InChI=1S/C19H22FN3O4/c1-10-16-13(11-4-5-11)7-15(27-19(25)26)18(24)23(16)9-14(20)17(10)22-6-2-3-12(21)8-22/h7,9,11-12H,2-6,8,21H2,1H3,(H,25,26). The maximum atomic E-state index is 15.0. The van der Waals surface area contributed by atoms with Gasteiger partial charge in [0.05, 0.1) is 17.4 Å². The van der Waals surface area contributed by atoms with Gasteiger partial charge in [-0.3, -0.25) is 9.20 Å². The first-order valence-corrected chi connectivity index (χ1v) is 9.16. The molecule has 0 amide bonds. The van der Waals surface area contributed by atoms with Gasteiger partial charge >= 0.3 is 6.16 Å². The molecule has 0 bridgehead atoms. The highest BCUT2D eigenvalue weighted by Crippen LogP contribution is 2.44. The topological polar surface area (TPSA) is 97.3 Å². The average molecular weight is 375 g/mol. The van der Waals surface area contributed by atoms with E-state index in [1.807, 2.05) is 4.90 Å². The molecule has 3 heterocycles. The molecule has 27 heavy (non-hydrogen) atoms. The van der Waals surface area contributed by atoms with Crippen LogP contribution in [0, 0.1) is 12.7 Å². The molecule has 7 nitrogen and oxygen atoms in total. The third-order valence-electron chi connectivity index (χ3n) is 5.40. The zero-order chi connectivity index (χ0) is 19.3. The number of piperidine rings is 1. The van der Waals surface area contributed by atoms with E-state index >= 15 is 4.39 Å². The number of aryl methyl sites for hydroxylation is 1. The van der Waals surface area contributed by atoms with Crippen LogP contribution in [-0.4, -0.2) is 34.8 Å². The van der Waals surface area contributed by atoms with Gasteiger partial charge in [0.25, 0.3) is 5.56 Å². The van der Waals surface area contributed by atoms with Gasteiger partial charge in [-0.15, -0.1) is 0 Å². The average Bonchev–Trinajstić information content (AvgIpc) is 3.42. The molecule has 144 valence electrons. The molecule has 2 aromatic rings. The maximum absolute atomic E-state index is 15.0. The Balaban J connectivity index is 1.95. The Morgan fingerprint density at radius 3 is 2.74 bits per heavy atom. The van der Waals surface area contributed by atoms with Crippen LogP contribution in [0.5, 0.6) is 5.75 Å². The molecule has 2 aromatic heterocycles. The van der Waals surface area contributed by atoms with Gasteiger partial charge in [0.1, 0.15) is 0 Å². The number of pyridine rings is 2. The molecule has 2 aliphatic rings. The van der Waals surface area contributed by atoms with Crippen LogP contribution in [0.1, 0.15) is 42.7 Å². The van der Waals surface area contributed by atoms with E-state index in [1.54, 1.807) is 6.92 Å². The van der Waals surface area contributed by atoms with Gasteiger partial charge in [0.2, 0.25) is 0 Å². The molecule has 8 heteroatoms. The lowest BCUT2D eigenvalue weighted by Gasteiger charge is -2.34. The number of ether oxygens (including phenoxy) is 1. The van der Waals surface area contributed by atoms with Crippen molar-refractivity contribution in [2.24, 2.45) is 5.73 Å². The fourth-order valence-corrected chi connectivity index (χ4v) is 4.09. The van der Waals surface area contributed by atoms with Crippen molar-refractivity contribution in [3.05, 3.63) is 39.6 Å². The maximum Gasteiger partial charge on any atom is 0.511 e. The van der Waals surface area contributed by atoms with Gasteiger partial charge in [0, 0.05) is 19.1 Å². The normalized spacial score (nSPS) is 20.1. The first-order chi connectivity index (χ1) is 12.9. The Bertz CT molecular complexity index is 983. The van der Waals surface area contributed by atoms with Crippen LogP contribution in [0.2, 0.25) is 0 Å². The summed E-state index contributed by atoms with van der Waals surface area (Å²) in [6.45, 7) is 3.08. The van der Waals surface area contributed by atoms with Crippen LogP contribution in [0.4, 0.5) is 14.9 Å². The Labute approximate surface area is 155 Å². The first kappa shape index (κ1) is 17.8. The molecule has 0 aromatic carbocycles. The molecule has 1 atom stereocenters. The van der Waals surface area contributed by atoms with Crippen LogP contribution in [-0.2, 0) is 0 Å². The third-order valence-corrected chi connectivity index (χ3v) is 5.40. The highest BCUT2D eigenvalue weighted by Gasteiger charge is 2.31. The highest BCUT2D eigenvalue weighted by molar-refractivity contribution is 5.74. The van der Waals surface area contributed by atoms with Gasteiger partial charge in [0.15, 0.2) is 11.6 Å². The quantitative estimate of drug-likeness (QED) is 0.801. The van der Waals surface area contributed by atoms with Gasteiger partial charge < -0.3 is 20.5 Å². The predicted molar refractivity (Wildman–Crippen MR) is 98.4 cm³/mol. The Morgan fingerprint density at radius 1 is 1.37 bits per heavy atom. The largest absolute Gasteiger partial charge is 0.511 e. The van der Waals surface area contributed by atoms with Gasteiger partial charge in [-0.2, -0.15) is 0 Å². The smallest absolute Gasteiger partial charge is 0.449 e. The van der Waals surface area contributed by atoms with Gasteiger partial charge in [-0.05, 0) is 55.7 Å². The molecular weight excluding hydrogens is 353 g/mol. The summed E-state index contributed by atoms with van der Waals surface area (Å²) in [5.41, 5.74) is 7.98. The van der Waals surface area contributed by atoms with E-state index in [0.29, 0.717) is 29.9 Å². The van der Waals surface area contributed by atoms with Crippen LogP contribution in [0.25, 0.3) is 5.52 Å². The van der Waals surface area contributed by atoms with Crippen LogP contribution in [0.3, 0.4) is 0 Å². The zero-order valence-corrected chi connectivity index (χ0v) is 15.1. The molecule has 1 saturated heterocycles. The van der Waals surface area contributed by atoms with Crippen molar-refractivity contribution in [2.75, 3.05) is 18.0 Å². The summed E-state index contributed by atoms with van der Waals surface area (Å²) < 4.78 is 20.8. The van der Waals surface area contributed by atoms with Crippen LogP contribution >= 0.6 is 0 Å². The Hall–Kier alpha value is -2.61. The van der Waals surface area contributed by atoms with Crippen molar-refractivity contribution >= 4 is 17.4 Å². The molecule has 1 saturated carbocycles. The van der Waals surface area contributed by atoms with E-state index in [9.17, 15) is 9.59 Å². The van der Waals surface area contributed by atoms with E-state index in [4.69, 9.17) is 10.8 Å². The van der Waals surface area contributed by atoms with Crippen molar-refractivity contribution in [3.63, 3.8) is 0 Å². The van der Waals surface area contributed by atoms with Crippen molar-refractivity contribution in [1.29, 1.82) is 0 Å². The van der Waals surface area contributed by atoms with Crippen molar-refractivity contribution in [1.82, 2.24) is 4.40 Å². The summed E-state index contributed by atoms with van der Waals surface area (Å²) in [5.74, 6) is -0.601. The number of aromatic nitrogens is 1. The number of halogens is 1. The van der Waals surface area contributed by atoms with Crippen molar-refractivity contribution < 1.29 is 19.0 Å². The second-order valence-electron chi connectivity index (χ2n) is 7.43. The lowest BCUT2D eigenvalue weighted by Crippen LogP contribution is -2.43. The second kappa shape index (κ2) is 6.53. The monoisotopic (exact) mass is 375 g/mol. The lowest BCUT2D eigenvalue weighted by molar-refractivity contribution is 0.143. The minimum Gasteiger partial charge on any atom is -0.449 e. The number of hydrogen-bond donors (Lipinski definition) is 2. The summed E-state index contributed by atoms with van der Waals surface area (Å²) in [5, 5.41) is 8.89. The lowest BCUT2D eigenvalue weighted by atomic mass is 10.0. The van der Waals surface area contributed by atoms with E-state index in [2.05, 4.69) is 4.74 Å². The summed E-state index contributed by atoms with van der Waals surface area (Å²) >= 11 is 0. The van der Waals surface area contributed by atoms with E-state index in [0.717, 1.165) is 37.4 Å². The first-order valence-electron chi connectivity index (χ1n) is 9.16. The molecule has 1 unspecified atom stereocenters. The number of anilines is 1. The number of rotatable bonds is 3. The predicted octanol–water partition coefficient (Wildman–Crippen LogP) is 2.61. The minimum atomic E-state index is -1.56. The van der Waals surface area contributed by atoms with Crippen molar-refractivity contribution in [3.8, 4) is 5.75 Å². The minimum absolute atomic E-state index is 0.00906. The molecule has 1 aliphatic carbocycles. The van der Waals surface area contributed by atoms with E-state index in [1.165, 1.54) is 10.5 Å². The van der Waals surface area contributed by atoms with E-state index < -0.39 is 17.5 Å². The number of carboxylic acid groups (broad SMARTS) is 1. The molecule has 2 fully saturated rings. The van der Waals surface area contributed by atoms with E-state index in [-0.39, 0.29) is 17.7 Å². The van der Waals surface area contributed by atoms with Crippen molar-refractivity contribution in [2.45, 2.75) is 44.6 Å². The Morgan fingerprint density at radius 2 is 2.11 bits per heavy atom. The molecule has 1 aliphatic heterocycles. The summed E-state index contributed by atoms with van der Waals surface area (Å²) in [6, 6.07) is 1.49. The fourth-order valence-electron chi connectivity index (χ4n) is 4.09. The fraction of sp³-hybridized carbons (Fsp3) is 0.474. The van der Waals surface area contributed by atoms with Gasteiger partial charge in [-0.25, -0.2) is 9.18 Å². The molecule has 4 rings (SSSR count). The molecule has 3 N–H and O–H groups in total. The number of carbonyl (C=O) groups is 1. The molecular formula is C19H22FN3O4. The summed E-state index contributed by atoms with van der Waals surface area (Å²) in [4.78, 5) is 25.5. The molecule has 0 spiro atoms. The van der Waals surface area contributed by atoms with Crippen LogP contribution < -0.4 is 20.9 Å². The number of fused-ring (bicyclic) bond motifs is 1. The summed E-state index contributed by atoms with van der Waals surface area (Å²) in [6.07, 6.45) is 3.26. The van der Waals surface area contributed by atoms with Gasteiger partial charge in [-0.1, -0.05) is 0 Å². The second-order valence-corrected chi connectivity index (χ2v) is 7.43. The number of hydrogen-bond acceptors (Lipinski definition) is 5. The Kier molecular flexibility index (Phi) is 4.30. The third kappa shape index (κ3) is 3.14. The molecule has 0 radical (unpaired) electrons.